The van der Waals surface area contributed by atoms with Gasteiger partial charge in [0.1, 0.15) is 5.75 Å². The highest BCUT2D eigenvalue weighted by molar-refractivity contribution is 14.1. The van der Waals surface area contributed by atoms with Gasteiger partial charge in [-0.2, -0.15) is 0 Å². The first-order valence-electron chi connectivity index (χ1n) is 6.18. The minimum atomic E-state index is -0.429. The van der Waals surface area contributed by atoms with Crippen molar-refractivity contribution in [1.29, 1.82) is 0 Å². The van der Waals surface area contributed by atoms with E-state index < -0.39 is 5.41 Å². The molecule has 0 fully saturated rings. The van der Waals surface area contributed by atoms with Crippen LogP contribution in [0.2, 0.25) is 0 Å². The Balaban J connectivity index is 2.79. The molecule has 0 amide bonds. The van der Waals surface area contributed by atoms with Gasteiger partial charge in [0.15, 0.2) is 0 Å². The molecule has 1 rings (SSSR count). The van der Waals surface area contributed by atoms with Gasteiger partial charge in [0.25, 0.3) is 0 Å². The van der Waals surface area contributed by atoms with Crippen molar-refractivity contribution in [3.05, 3.63) is 29.8 Å². The fraction of sp³-hybridized carbons (Fsp3) is 0.533. The van der Waals surface area contributed by atoms with Gasteiger partial charge in [-0.3, -0.25) is 4.79 Å². The standard InChI is InChI=1S/C15H21IO2/c1-6-14(2,3)13(17)18-12-9-7-11(8-10-12)15(4,5)16/h7-10H,6H2,1-5H3. The van der Waals surface area contributed by atoms with Crippen molar-refractivity contribution in [2.24, 2.45) is 5.41 Å². The average Bonchev–Trinajstić information content (AvgIpc) is 2.28. The maximum atomic E-state index is 11.9. The Hall–Kier alpha value is -0.580. The SMILES string of the molecule is CCC(C)(C)C(=O)Oc1ccc(C(C)(C)I)cc1. The largest absolute Gasteiger partial charge is 0.426 e. The van der Waals surface area contributed by atoms with E-state index >= 15 is 0 Å². The molecule has 0 unspecified atom stereocenters. The Morgan fingerprint density at radius 1 is 1.17 bits per heavy atom. The molecule has 0 aliphatic rings. The van der Waals surface area contributed by atoms with E-state index in [1.807, 2.05) is 45.0 Å². The predicted molar refractivity (Wildman–Crippen MR) is 83.2 cm³/mol. The summed E-state index contributed by atoms with van der Waals surface area (Å²) in [6, 6.07) is 7.74. The van der Waals surface area contributed by atoms with Crippen molar-refractivity contribution >= 4 is 28.6 Å². The first-order chi connectivity index (χ1) is 8.16. The van der Waals surface area contributed by atoms with Crippen LogP contribution < -0.4 is 4.74 Å². The van der Waals surface area contributed by atoms with Crippen LogP contribution in [0.25, 0.3) is 0 Å². The summed E-state index contributed by atoms with van der Waals surface area (Å²) in [4.78, 5) is 11.9. The van der Waals surface area contributed by atoms with Crippen LogP contribution in [-0.4, -0.2) is 5.97 Å². The lowest BCUT2D eigenvalue weighted by Crippen LogP contribution is -2.28. The quantitative estimate of drug-likeness (QED) is 0.337. The molecule has 0 aliphatic carbocycles. The molecular formula is C15H21IO2. The van der Waals surface area contributed by atoms with Crippen LogP contribution in [0.4, 0.5) is 0 Å². The molecular weight excluding hydrogens is 339 g/mol. The predicted octanol–water partition coefficient (Wildman–Crippen LogP) is 4.70. The zero-order valence-corrected chi connectivity index (χ0v) is 13.9. The lowest BCUT2D eigenvalue weighted by molar-refractivity contribution is -0.144. The second-order valence-electron chi connectivity index (χ2n) is 5.62. The highest BCUT2D eigenvalue weighted by Gasteiger charge is 2.27. The molecule has 0 aromatic heterocycles. The Bertz CT molecular complexity index is 413. The number of benzene rings is 1. The maximum Gasteiger partial charge on any atom is 0.316 e. The normalized spacial score (nSPS) is 12.3. The number of ether oxygens (including phenoxy) is 1. The minimum absolute atomic E-state index is 0.0863. The van der Waals surface area contributed by atoms with Crippen LogP contribution in [0.15, 0.2) is 24.3 Å². The fourth-order valence-corrected chi connectivity index (χ4v) is 1.67. The topological polar surface area (TPSA) is 26.3 Å². The fourth-order valence-electron chi connectivity index (χ4n) is 1.31. The summed E-state index contributed by atoms with van der Waals surface area (Å²) in [6.45, 7) is 10.1. The van der Waals surface area contributed by atoms with Crippen molar-refractivity contribution in [3.63, 3.8) is 0 Å². The molecule has 0 heterocycles. The maximum absolute atomic E-state index is 11.9. The zero-order valence-electron chi connectivity index (χ0n) is 11.7. The van der Waals surface area contributed by atoms with Crippen LogP contribution in [0.3, 0.4) is 0 Å². The van der Waals surface area contributed by atoms with Crippen LogP contribution in [0.5, 0.6) is 5.75 Å². The number of carbonyl (C=O) groups is 1. The summed E-state index contributed by atoms with van der Waals surface area (Å²) in [7, 11) is 0. The molecule has 1 aromatic carbocycles. The third kappa shape index (κ3) is 3.97. The molecule has 18 heavy (non-hydrogen) atoms. The monoisotopic (exact) mass is 360 g/mol. The highest BCUT2D eigenvalue weighted by Crippen LogP contribution is 2.32. The summed E-state index contributed by atoms with van der Waals surface area (Å²) < 4.78 is 5.48. The van der Waals surface area contributed by atoms with Crippen molar-refractivity contribution in [2.45, 2.75) is 44.5 Å². The molecule has 0 aliphatic heterocycles. The smallest absolute Gasteiger partial charge is 0.316 e. The van der Waals surface area contributed by atoms with E-state index in [0.717, 1.165) is 6.42 Å². The summed E-state index contributed by atoms with van der Waals surface area (Å²) in [5, 5.41) is 0. The van der Waals surface area contributed by atoms with Crippen LogP contribution in [-0.2, 0) is 8.22 Å². The second-order valence-corrected chi connectivity index (χ2v) is 8.32. The Morgan fingerprint density at radius 2 is 1.67 bits per heavy atom. The number of esters is 1. The van der Waals surface area contributed by atoms with Crippen LogP contribution in [0.1, 0.15) is 46.6 Å². The summed E-state index contributed by atoms with van der Waals surface area (Å²) in [5.74, 6) is 0.442. The first kappa shape index (κ1) is 15.5. The molecule has 0 spiro atoms. The second kappa shape index (κ2) is 5.59. The molecule has 0 bridgehead atoms. The molecule has 2 nitrogen and oxygen atoms in total. The molecule has 0 saturated heterocycles. The molecule has 0 N–H and O–H groups in total. The number of alkyl halides is 1. The zero-order chi connectivity index (χ0) is 14.0. The number of halogens is 1. The van der Waals surface area contributed by atoms with Gasteiger partial charge in [-0.05, 0) is 51.8 Å². The van der Waals surface area contributed by atoms with Crippen LogP contribution >= 0.6 is 22.6 Å². The van der Waals surface area contributed by atoms with E-state index in [4.69, 9.17) is 4.74 Å². The van der Waals surface area contributed by atoms with Crippen LogP contribution in [0, 0.1) is 5.41 Å². The molecule has 100 valence electrons. The van der Waals surface area contributed by atoms with E-state index in [1.165, 1.54) is 5.56 Å². The lowest BCUT2D eigenvalue weighted by atomic mass is 9.91. The number of rotatable bonds is 4. The molecule has 0 saturated carbocycles. The molecule has 3 heteroatoms. The van der Waals surface area contributed by atoms with E-state index in [1.54, 1.807) is 0 Å². The highest BCUT2D eigenvalue weighted by atomic mass is 127. The third-order valence-corrected chi connectivity index (χ3v) is 3.81. The Labute approximate surface area is 123 Å². The van der Waals surface area contributed by atoms with Gasteiger partial charge in [0, 0.05) is 3.42 Å². The van der Waals surface area contributed by atoms with Gasteiger partial charge in [0.05, 0.1) is 5.41 Å². The molecule has 0 radical (unpaired) electrons. The van der Waals surface area contributed by atoms with Crippen molar-refractivity contribution in [3.8, 4) is 5.75 Å². The summed E-state index contributed by atoms with van der Waals surface area (Å²) >= 11 is 2.39. The van der Waals surface area contributed by atoms with Gasteiger partial charge < -0.3 is 4.74 Å². The molecule has 0 atom stereocenters. The van der Waals surface area contributed by atoms with Crippen molar-refractivity contribution in [1.82, 2.24) is 0 Å². The van der Waals surface area contributed by atoms with E-state index in [-0.39, 0.29) is 9.39 Å². The first-order valence-corrected chi connectivity index (χ1v) is 7.26. The summed E-state index contributed by atoms with van der Waals surface area (Å²) in [6.07, 6.45) is 0.769. The lowest BCUT2D eigenvalue weighted by Gasteiger charge is -2.21. The van der Waals surface area contributed by atoms with Gasteiger partial charge in [-0.1, -0.05) is 41.6 Å². The van der Waals surface area contributed by atoms with E-state index in [9.17, 15) is 4.79 Å². The van der Waals surface area contributed by atoms with Gasteiger partial charge in [-0.15, -0.1) is 0 Å². The van der Waals surface area contributed by atoms with Gasteiger partial charge >= 0.3 is 5.97 Å². The molecule has 1 aromatic rings. The average molecular weight is 360 g/mol. The number of hydrogen-bond acceptors (Lipinski definition) is 2. The van der Waals surface area contributed by atoms with Gasteiger partial charge in [-0.25, -0.2) is 0 Å². The van der Waals surface area contributed by atoms with Crippen molar-refractivity contribution in [2.75, 3.05) is 0 Å². The van der Waals surface area contributed by atoms with Gasteiger partial charge in [0.2, 0.25) is 0 Å². The number of hydrogen-bond donors (Lipinski definition) is 0. The Morgan fingerprint density at radius 3 is 2.06 bits per heavy atom. The Kier molecular flexibility index (Phi) is 4.81. The van der Waals surface area contributed by atoms with E-state index in [2.05, 4.69) is 36.4 Å². The number of carbonyl (C=O) groups excluding carboxylic acids is 1. The minimum Gasteiger partial charge on any atom is -0.426 e. The third-order valence-electron chi connectivity index (χ3n) is 3.19. The van der Waals surface area contributed by atoms with E-state index in [0.29, 0.717) is 5.75 Å². The van der Waals surface area contributed by atoms with Crippen molar-refractivity contribution < 1.29 is 9.53 Å². The summed E-state index contributed by atoms with van der Waals surface area (Å²) in [5.41, 5.74) is 0.791.